The molecule has 7 N–H and O–H groups in total. The Balaban J connectivity index is 2.61. The Morgan fingerprint density at radius 3 is 1.58 bits per heavy atom. The van der Waals surface area contributed by atoms with Crippen molar-refractivity contribution in [3.05, 3.63) is 85.1 Å². The summed E-state index contributed by atoms with van der Waals surface area (Å²) in [6, 6.07) is 0. The van der Waals surface area contributed by atoms with Gasteiger partial charge in [-0.3, -0.25) is 18.6 Å². The molecule has 14 nitrogen and oxygen atoms in total. The molecule has 0 aromatic rings. The van der Waals surface area contributed by atoms with Gasteiger partial charge >= 0.3 is 19.8 Å². The van der Waals surface area contributed by atoms with Crippen molar-refractivity contribution < 1.29 is 68.2 Å². The van der Waals surface area contributed by atoms with Crippen LogP contribution in [0.25, 0.3) is 0 Å². The first-order valence-corrected chi connectivity index (χ1v) is 24.0. The molecule has 354 valence electrons. The van der Waals surface area contributed by atoms with E-state index < -0.39 is 81.8 Å². The number of allylic oxidation sites excluding steroid dienone is 13. The molecule has 0 aliphatic heterocycles. The number of unbranched alkanes of at least 4 members (excludes halogenated alkanes) is 8. The lowest BCUT2D eigenvalue weighted by molar-refractivity contribution is -0.220. The monoisotopic (exact) mass is 897 g/mol. The zero-order chi connectivity index (χ0) is 45.9. The number of hydrogen-bond acceptors (Lipinski definition) is 13. The number of ether oxygens (including phenoxy) is 2. The van der Waals surface area contributed by atoms with Crippen molar-refractivity contribution in [3.8, 4) is 0 Å². The van der Waals surface area contributed by atoms with E-state index in [-0.39, 0.29) is 25.7 Å². The SMILES string of the molecule is CCCCC/C=C\C/C=C\C/C=C\C=C\[C@@H](O)CCCC(=O)OC[C@H](COP(=O)(O)OC1[C@H](O)[C@H](O)C(O)[C@H](O)[C@H]1O)OC(=O)CCCC/C=C\C/C=C\C/C=C\CCCCC. The third-order valence-electron chi connectivity index (χ3n) is 9.81. The van der Waals surface area contributed by atoms with Crippen LogP contribution in [-0.2, 0) is 32.7 Å². The van der Waals surface area contributed by atoms with E-state index in [1.807, 2.05) is 18.2 Å². The Kier molecular flexibility index (Phi) is 33.4. The molecular formula is C47H77O14P. The molecule has 0 radical (unpaired) electrons. The van der Waals surface area contributed by atoms with Crippen LogP contribution in [0.15, 0.2) is 85.1 Å². The van der Waals surface area contributed by atoms with Gasteiger partial charge in [0.05, 0.1) is 12.7 Å². The maximum Gasteiger partial charge on any atom is 0.472 e. The van der Waals surface area contributed by atoms with Gasteiger partial charge in [0.2, 0.25) is 0 Å². The van der Waals surface area contributed by atoms with Crippen molar-refractivity contribution in [1.29, 1.82) is 0 Å². The zero-order valence-electron chi connectivity index (χ0n) is 37.0. The molecule has 0 spiro atoms. The first-order valence-electron chi connectivity index (χ1n) is 22.5. The third kappa shape index (κ3) is 28.6. The molecule has 0 saturated heterocycles. The molecule has 0 bridgehead atoms. The summed E-state index contributed by atoms with van der Waals surface area (Å²) in [6.45, 7) is 3.02. The summed E-state index contributed by atoms with van der Waals surface area (Å²) in [6.07, 6.45) is 29.5. The molecule has 0 aromatic heterocycles. The second-order valence-electron chi connectivity index (χ2n) is 15.4. The van der Waals surface area contributed by atoms with Gasteiger partial charge in [0, 0.05) is 12.8 Å². The third-order valence-corrected chi connectivity index (χ3v) is 10.8. The number of aliphatic hydroxyl groups excluding tert-OH is 6. The minimum atomic E-state index is -5.18. The normalized spacial score (nSPS) is 23.2. The number of esters is 2. The predicted molar refractivity (Wildman–Crippen MR) is 241 cm³/mol. The lowest BCUT2D eigenvalue weighted by Gasteiger charge is -2.41. The Morgan fingerprint density at radius 1 is 0.581 bits per heavy atom. The molecule has 1 aliphatic carbocycles. The molecule has 0 heterocycles. The summed E-state index contributed by atoms with van der Waals surface area (Å²) in [5.41, 5.74) is 0. The average Bonchev–Trinajstić information content (AvgIpc) is 3.25. The van der Waals surface area contributed by atoms with Crippen LogP contribution in [0.4, 0.5) is 0 Å². The smallest absolute Gasteiger partial charge is 0.462 e. The molecule has 0 amide bonds. The highest BCUT2D eigenvalue weighted by Gasteiger charge is 2.51. The van der Waals surface area contributed by atoms with Gasteiger partial charge in [-0.1, -0.05) is 125 Å². The summed E-state index contributed by atoms with van der Waals surface area (Å²) < 4.78 is 33.3. The van der Waals surface area contributed by atoms with Crippen LogP contribution in [0.1, 0.15) is 136 Å². The van der Waals surface area contributed by atoms with Crippen molar-refractivity contribution in [3.63, 3.8) is 0 Å². The van der Waals surface area contributed by atoms with Crippen molar-refractivity contribution in [2.75, 3.05) is 13.2 Å². The number of carbonyl (C=O) groups excluding carboxylic acids is 2. The zero-order valence-corrected chi connectivity index (χ0v) is 37.9. The molecule has 62 heavy (non-hydrogen) atoms. The fourth-order valence-electron chi connectivity index (χ4n) is 6.10. The van der Waals surface area contributed by atoms with Gasteiger partial charge < -0.3 is 45.0 Å². The van der Waals surface area contributed by atoms with Crippen molar-refractivity contribution in [2.45, 2.75) is 185 Å². The Labute approximate surface area is 370 Å². The molecule has 0 aromatic carbocycles. The maximum absolute atomic E-state index is 12.8. The number of rotatable bonds is 35. The largest absolute Gasteiger partial charge is 0.472 e. The lowest BCUT2D eigenvalue weighted by Crippen LogP contribution is -2.64. The standard InChI is InChI=1S/C47H77O14P/c1-3-5-7-9-11-13-15-17-18-20-22-24-26-28-30-34-41(50)60-39(37-59-62(56,57)61-47-45(54)43(52)42(51)44(53)46(47)55)36-58-40(49)35-31-33-38(48)32-29-27-25-23-21-19-16-14-12-10-8-6-4-2/h11-14,17-19,21-22,24-25,27,29,32,38-39,42-48,51-55H,3-10,15-16,20,23,26,28,30-31,33-37H2,1-2H3,(H,56,57)/b13-11-,14-12-,18-17-,21-19-,24-22-,27-25-,32-29+/t38-,39-,42?,43-,44+,45-,46-,47?/m1/s1. The molecule has 1 rings (SSSR count). The maximum atomic E-state index is 12.8. The first-order chi connectivity index (χ1) is 29.8. The van der Waals surface area contributed by atoms with E-state index in [0.29, 0.717) is 12.8 Å². The molecule has 9 atom stereocenters. The molecule has 3 unspecified atom stereocenters. The highest BCUT2D eigenvalue weighted by atomic mass is 31.2. The minimum Gasteiger partial charge on any atom is -0.462 e. The molecular weight excluding hydrogens is 819 g/mol. The van der Waals surface area contributed by atoms with Gasteiger partial charge in [0.15, 0.2) is 6.10 Å². The number of aliphatic hydroxyl groups is 6. The van der Waals surface area contributed by atoms with Gasteiger partial charge in [0.25, 0.3) is 0 Å². The van der Waals surface area contributed by atoms with Crippen LogP contribution in [0.5, 0.6) is 0 Å². The topological polar surface area (TPSA) is 230 Å². The van der Waals surface area contributed by atoms with E-state index in [2.05, 4.69) is 68.5 Å². The molecule has 15 heteroatoms. The minimum absolute atomic E-state index is 0.00275. The van der Waals surface area contributed by atoms with Crippen LogP contribution in [0, 0.1) is 0 Å². The van der Waals surface area contributed by atoms with Gasteiger partial charge in [0.1, 0.15) is 43.2 Å². The summed E-state index contributed by atoms with van der Waals surface area (Å²) >= 11 is 0. The molecule has 1 fully saturated rings. The van der Waals surface area contributed by atoms with Gasteiger partial charge in [-0.15, -0.1) is 0 Å². The quantitative estimate of drug-likeness (QED) is 0.0108. The molecule has 1 saturated carbocycles. The lowest BCUT2D eigenvalue weighted by atomic mass is 9.85. The highest BCUT2D eigenvalue weighted by molar-refractivity contribution is 7.47. The number of phosphoric ester groups is 1. The number of phosphoric acid groups is 1. The second-order valence-corrected chi connectivity index (χ2v) is 16.8. The van der Waals surface area contributed by atoms with Crippen LogP contribution >= 0.6 is 7.82 Å². The van der Waals surface area contributed by atoms with E-state index in [0.717, 1.165) is 44.9 Å². The van der Waals surface area contributed by atoms with E-state index in [4.69, 9.17) is 18.5 Å². The van der Waals surface area contributed by atoms with Gasteiger partial charge in [-0.25, -0.2) is 4.57 Å². The Hall–Kier alpha value is -3.01. The van der Waals surface area contributed by atoms with Crippen molar-refractivity contribution in [1.82, 2.24) is 0 Å². The highest BCUT2D eigenvalue weighted by Crippen LogP contribution is 2.47. The van der Waals surface area contributed by atoms with E-state index in [1.54, 1.807) is 12.2 Å². The number of hydrogen-bond donors (Lipinski definition) is 7. The van der Waals surface area contributed by atoms with Gasteiger partial charge in [-0.05, 0) is 83.5 Å². The van der Waals surface area contributed by atoms with Crippen LogP contribution in [-0.4, -0.2) is 110 Å². The van der Waals surface area contributed by atoms with Gasteiger partial charge in [-0.2, -0.15) is 0 Å². The number of carbonyl (C=O) groups is 2. The summed E-state index contributed by atoms with van der Waals surface area (Å²) in [5.74, 6) is -1.36. The molecule has 1 aliphatic rings. The fourth-order valence-corrected chi connectivity index (χ4v) is 7.07. The Bertz CT molecular complexity index is 1420. The second kappa shape index (κ2) is 36.3. The Morgan fingerprint density at radius 2 is 1.05 bits per heavy atom. The summed E-state index contributed by atoms with van der Waals surface area (Å²) in [5, 5.41) is 60.4. The first kappa shape index (κ1) is 57.0. The predicted octanol–water partition coefficient (Wildman–Crippen LogP) is 7.47. The van der Waals surface area contributed by atoms with Crippen LogP contribution in [0.2, 0.25) is 0 Å². The van der Waals surface area contributed by atoms with E-state index in [9.17, 15) is 49.7 Å². The van der Waals surface area contributed by atoms with E-state index >= 15 is 0 Å². The summed E-state index contributed by atoms with van der Waals surface area (Å²) in [7, 11) is -5.18. The average molecular weight is 897 g/mol. The fraction of sp³-hybridized carbons (Fsp3) is 0.660. The van der Waals surface area contributed by atoms with E-state index in [1.165, 1.54) is 38.5 Å². The summed E-state index contributed by atoms with van der Waals surface area (Å²) in [4.78, 5) is 35.7. The van der Waals surface area contributed by atoms with Crippen LogP contribution in [0.3, 0.4) is 0 Å². The van der Waals surface area contributed by atoms with Crippen molar-refractivity contribution in [2.24, 2.45) is 0 Å². The van der Waals surface area contributed by atoms with Crippen LogP contribution < -0.4 is 0 Å². The van der Waals surface area contributed by atoms with Crippen molar-refractivity contribution >= 4 is 19.8 Å².